The van der Waals surface area contributed by atoms with Crippen LogP contribution >= 0.6 is 11.6 Å². The second kappa shape index (κ2) is 9.69. The van der Waals surface area contributed by atoms with E-state index in [1.165, 1.54) is 19.2 Å². The Bertz CT molecular complexity index is 952. The van der Waals surface area contributed by atoms with Gasteiger partial charge in [0.1, 0.15) is 11.4 Å². The lowest BCUT2D eigenvalue weighted by molar-refractivity contribution is -0.385. The SMILES string of the molecule is CCOc1cc([N+](=O)[O-])c(C(=O)OCC(=O)Nc2cc(Cl)ccc2F)cc1OC. The molecule has 29 heavy (non-hydrogen) atoms. The molecule has 0 unspecified atom stereocenters. The molecule has 9 nitrogen and oxygen atoms in total. The number of ether oxygens (including phenoxy) is 3. The fraction of sp³-hybridized carbons (Fsp3) is 0.222. The number of hydrogen-bond donors (Lipinski definition) is 1. The smallest absolute Gasteiger partial charge is 0.345 e. The first kappa shape index (κ1) is 21.9. The van der Waals surface area contributed by atoms with Gasteiger partial charge >= 0.3 is 5.97 Å². The predicted molar refractivity (Wildman–Crippen MR) is 101 cm³/mol. The highest BCUT2D eigenvalue weighted by Gasteiger charge is 2.26. The number of nitrogens with one attached hydrogen (secondary N) is 1. The second-order valence-corrected chi connectivity index (χ2v) is 5.90. The highest BCUT2D eigenvalue weighted by molar-refractivity contribution is 6.30. The lowest BCUT2D eigenvalue weighted by atomic mass is 10.1. The molecule has 2 aromatic carbocycles. The molecule has 11 heteroatoms. The molecule has 0 atom stereocenters. The Kier molecular flexibility index (Phi) is 7.32. The Hall–Kier alpha value is -3.40. The van der Waals surface area contributed by atoms with Crippen LogP contribution in [-0.2, 0) is 9.53 Å². The van der Waals surface area contributed by atoms with Crippen LogP contribution in [0, 0.1) is 15.9 Å². The Balaban J connectivity index is 2.16. The summed E-state index contributed by atoms with van der Waals surface area (Å²) in [6, 6.07) is 5.64. The molecule has 0 aromatic heterocycles. The third-order valence-electron chi connectivity index (χ3n) is 3.54. The number of amides is 1. The molecule has 0 saturated carbocycles. The molecule has 0 aliphatic rings. The highest BCUT2D eigenvalue weighted by atomic mass is 35.5. The number of anilines is 1. The molecule has 0 radical (unpaired) electrons. The zero-order valence-electron chi connectivity index (χ0n) is 15.4. The van der Waals surface area contributed by atoms with Crippen molar-refractivity contribution in [3.8, 4) is 11.5 Å². The third kappa shape index (κ3) is 5.55. The summed E-state index contributed by atoms with van der Waals surface area (Å²) >= 11 is 5.73. The van der Waals surface area contributed by atoms with Crippen LogP contribution in [0.3, 0.4) is 0 Å². The van der Waals surface area contributed by atoms with Crippen molar-refractivity contribution >= 4 is 34.9 Å². The van der Waals surface area contributed by atoms with Gasteiger partial charge in [-0.15, -0.1) is 0 Å². The Labute approximate surface area is 169 Å². The van der Waals surface area contributed by atoms with Crippen molar-refractivity contribution in [1.82, 2.24) is 0 Å². The molecule has 1 N–H and O–H groups in total. The number of nitro benzene ring substituents is 1. The minimum atomic E-state index is -1.14. The van der Waals surface area contributed by atoms with E-state index in [1.807, 2.05) is 0 Å². The number of carbonyl (C=O) groups excluding carboxylic acids is 2. The van der Waals surface area contributed by atoms with Crippen LogP contribution in [0.2, 0.25) is 5.02 Å². The van der Waals surface area contributed by atoms with Gasteiger partial charge in [-0.2, -0.15) is 0 Å². The van der Waals surface area contributed by atoms with E-state index in [9.17, 15) is 24.1 Å². The van der Waals surface area contributed by atoms with E-state index in [2.05, 4.69) is 5.32 Å². The molecule has 0 aliphatic carbocycles. The number of nitrogens with zero attached hydrogens (tertiary/aromatic N) is 1. The summed E-state index contributed by atoms with van der Waals surface area (Å²) in [5.74, 6) is -2.58. The fourth-order valence-corrected chi connectivity index (χ4v) is 2.45. The van der Waals surface area contributed by atoms with E-state index in [1.54, 1.807) is 6.92 Å². The summed E-state index contributed by atoms with van der Waals surface area (Å²) in [4.78, 5) is 34.7. The number of rotatable bonds is 8. The first-order valence-electron chi connectivity index (χ1n) is 8.18. The first-order chi connectivity index (χ1) is 13.8. The normalized spacial score (nSPS) is 10.2. The Morgan fingerprint density at radius 3 is 2.59 bits per heavy atom. The van der Waals surface area contributed by atoms with Gasteiger partial charge in [0.2, 0.25) is 0 Å². The average molecular weight is 427 g/mol. The maximum absolute atomic E-state index is 13.6. The molecule has 1 amide bonds. The zero-order chi connectivity index (χ0) is 21.6. The van der Waals surface area contributed by atoms with Crippen LogP contribution in [0.4, 0.5) is 15.8 Å². The molecule has 2 rings (SSSR count). The summed E-state index contributed by atoms with van der Waals surface area (Å²) in [5, 5.41) is 13.7. The van der Waals surface area contributed by atoms with E-state index in [4.69, 9.17) is 25.8 Å². The molecule has 0 spiro atoms. The van der Waals surface area contributed by atoms with Crippen molar-refractivity contribution < 1.29 is 33.1 Å². The summed E-state index contributed by atoms with van der Waals surface area (Å²) in [5.41, 5.74) is -1.22. The monoisotopic (exact) mass is 426 g/mol. The molecule has 0 aliphatic heterocycles. The number of nitro groups is 1. The molecule has 154 valence electrons. The summed E-state index contributed by atoms with van der Waals surface area (Å²) in [7, 11) is 1.30. The van der Waals surface area contributed by atoms with Crippen molar-refractivity contribution in [2.45, 2.75) is 6.92 Å². The van der Waals surface area contributed by atoms with E-state index in [-0.39, 0.29) is 28.8 Å². The van der Waals surface area contributed by atoms with Gasteiger partial charge in [0.25, 0.3) is 11.6 Å². The lowest BCUT2D eigenvalue weighted by Crippen LogP contribution is -2.22. The van der Waals surface area contributed by atoms with Crippen LogP contribution < -0.4 is 14.8 Å². The van der Waals surface area contributed by atoms with Gasteiger partial charge in [-0.05, 0) is 25.1 Å². The number of methoxy groups -OCH3 is 1. The van der Waals surface area contributed by atoms with Crippen LogP contribution in [0.1, 0.15) is 17.3 Å². The van der Waals surface area contributed by atoms with Crippen molar-refractivity contribution in [3.63, 3.8) is 0 Å². The van der Waals surface area contributed by atoms with Gasteiger partial charge in [0, 0.05) is 11.1 Å². The average Bonchev–Trinajstić information content (AvgIpc) is 2.68. The Morgan fingerprint density at radius 1 is 1.24 bits per heavy atom. The van der Waals surface area contributed by atoms with Crippen molar-refractivity contribution in [2.24, 2.45) is 0 Å². The standard InChI is InChI=1S/C18H16ClFN2O7/c1-3-28-16-8-14(22(25)26)11(7-15(16)27-2)18(24)29-9-17(23)21-13-6-10(19)4-5-12(13)20/h4-8H,3,9H2,1-2H3,(H,21,23). The molecule has 0 fully saturated rings. The van der Waals surface area contributed by atoms with E-state index in [0.717, 1.165) is 18.2 Å². The predicted octanol–water partition coefficient (Wildman–Crippen LogP) is 3.59. The number of halogens is 2. The van der Waals surface area contributed by atoms with Crippen molar-refractivity contribution in [2.75, 3.05) is 25.6 Å². The molecule has 2 aromatic rings. The Morgan fingerprint density at radius 2 is 1.97 bits per heavy atom. The van der Waals surface area contributed by atoms with E-state index < -0.39 is 40.5 Å². The van der Waals surface area contributed by atoms with E-state index >= 15 is 0 Å². The van der Waals surface area contributed by atoms with Crippen LogP contribution in [0.25, 0.3) is 0 Å². The fourth-order valence-electron chi connectivity index (χ4n) is 2.28. The maximum atomic E-state index is 13.6. The van der Waals surface area contributed by atoms with Gasteiger partial charge in [0.15, 0.2) is 18.1 Å². The number of hydrogen-bond acceptors (Lipinski definition) is 7. The van der Waals surface area contributed by atoms with Gasteiger partial charge in [0.05, 0.1) is 30.4 Å². The summed E-state index contributed by atoms with van der Waals surface area (Å²) in [6.45, 7) is 1.09. The van der Waals surface area contributed by atoms with Crippen molar-refractivity contribution in [3.05, 3.63) is 56.8 Å². The number of benzene rings is 2. The zero-order valence-corrected chi connectivity index (χ0v) is 16.1. The van der Waals surface area contributed by atoms with Crippen LogP contribution in [-0.4, -0.2) is 37.1 Å². The molecule has 0 heterocycles. The van der Waals surface area contributed by atoms with Crippen LogP contribution in [0.5, 0.6) is 11.5 Å². The topological polar surface area (TPSA) is 117 Å². The van der Waals surface area contributed by atoms with E-state index in [0.29, 0.717) is 0 Å². The van der Waals surface area contributed by atoms with Gasteiger partial charge < -0.3 is 19.5 Å². The quantitative estimate of drug-likeness (QED) is 0.389. The third-order valence-corrected chi connectivity index (χ3v) is 3.77. The lowest BCUT2D eigenvalue weighted by Gasteiger charge is -2.12. The van der Waals surface area contributed by atoms with Gasteiger partial charge in [-0.25, -0.2) is 9.18 Å². The number of carbonyl (C=O) groups is 2. The summed E-state index contributed by atoms with van der Waals surface area (Å²) in [6.07, 6.45) is 0. The second-order valence-electron chi connectivity index (χ2n) is 5.46. The maximum Gasteiger partial charge on any atom is 0.345 e. The number of esters is 1. The highest BCUT2D eigenvalue weighted by Crippen LogP contribution is 2.35. The minimum Gasteiger partial charge on any atom is -0.493 e. The molecule has 0 saturated heterocycles. The largest absolute Gasteiger partial charge is 0.493 e. The summed E-state index contributed by atoms with van der Waals surface area (Å²) < 4.78 is 28.8. The van der Waals surface area contributed by atoms with Crippen molar-refractivity contribution in [1.29, 1.82) is 0 Å². The minimum absolute atomic E-state index is 0.0763. The first-order valence-corrected chi connectivity index (χ1v) is 8.55. The van der Waals surface area contributed by atoms with Crippen LogP contribution in [0.15, 0.2) is 30.3 Å². The molecular weight excluding hydrogens is 411 g/mol. The molecule has 0 bridgehead atoms. The van der Waals surface area contributed by atoms with Gasteiger partial charge in [-0.3, -0.25) is 14.9 Å². The molecular formula is C18H16ClFN2O7. The van der Waals surface area contributed by atoms with Gasteiger partial charge in [-0.1, -0.05) is 11.6 Å².